The molecule has 0 radical (unpaired) electrons. The lowest BCUT2D eigenvalue weighted by molar-refractivity contribution is -0.0351. The van der Waals surface area contributed by atoms with Gasteiger partial charge in [-0.25, -0.2) is 9.59 Å². The topological polar surface area (TPSA) is 123 Å². The molecule has 0 saturated carbocycles. The zero-order chi connectivity index (χ0) is 19.3. The maximum Gasteiger partial charge on any atom is 0.412 e. The monoisotopic (exact) mass is 369 g/mol. The molecular weight excluding hydrogens is 342 g/mol. The number of carbonyl (C=O) groups excluding carboxylic acids is 1. The second kappa shape index (κ2) is 9.11. The van der Waals surface area contributed by atoms with E-state index in [1.165, 1.54) is 6.20 Å². The minimum Gasteiger partial charge on any atom is -0.449 e. The van der Waals surface area contributed by atoms with Crippen LogP contribution in [0.3, 0.4) is 0 Å². The largest absolute Gasteiger partial charge is 0.449 e. The lowest BCUT2D eigenvalue weighted by Crippen LogP contribution is -2.36. The average Bonchev–Trinajstić information content (AvgIpc) is 2.86. The highest BCUT2D eigenvalue weighted by Gasteiger charge is 2.42. The first-order valence-electron chi connectivity index (χ1n) is 8.96. The van der Waals surface area contributed by atoms with Crippen molar-refractivity contribution in [2.75, 3.05) is 11.9 Å². The fourth-order valence-corrected chi connectivity index (χ4v) is 2.77. The third kappa shape index (κ3) is 4.60. The Kier molecular flexibility index (Phi) is 7.13. The van der Waals surface area contributed by atoms with Gasteiger partial charge < -0.3 is 19.7 Å². The van der Waals surface area contributed by atoms with Gasteiger partial charge in [0.2, 0.25) is 0 Å². The molecule has 1 amide bonds. The number of unbranched alkanes of at least 4 members (excludes halogenated alkanes) is 2. The predicted molar refractivity (Wildman–Crippen MR) is 94.0 cm³/mol. The molecule has 9 heteroatoms. The normalized spacial score (nSPS) is 25.3. The van der Waals surface area contributed by atoms with Crippen molar-refractivity contribution in [1.82, 2.24) is 9.55 Å². The highest BCUT2D eigenvalue weighted by molar-refractivity contribution is 5.84. The van der Waals surface area contributed by atoms with Gasteiger partial charge in [-0.2, -0.15) is 4.98 Å². The SMILES string of the molecule is CCCCCOC(=O)Nc1nc(=O)n([C@@H]2O[C@H](C)[C@@H](O)[C@H]2O)cc1CC. The summed E-state index contributed by atoms with van der Waals surface area (Å²) < 4.78 is 11.7. The van der Waals surface area contributed by atoms with E-state index >= 15 is 0 Å². The van der Waals surface area contributed by atoms with Gasteiger partial charge in [-0.3, -0.25) is 9.88 Å². The van der Waals surface area contributed by atoms with Crippen molar-refractivity contribution < 1.29 is 24.5 Å². The Labute approximate surface area is 152 Å². The van der Waals surface area contributed by atoms with Gasteiger partial charge in [-0.15, -0.1) is 0 Å². The summed E-state index contributed by atoms with van der Waals surface area (Å²) in [6.45, 7) is 5.80. The van der Waals surface area contributed by atoms with Crippen molar-refractivity contribution >= 4 is 11.9 Å². The lowest BCUT2D eigenvalue weighted by Gasteiger charge is -2.19. The Morgan fingerprint density at radius 3 is 2.65 bits per heavy atom. The number of aryl methyl sites for hydroxylation is 1. The number of aliphatic hydroxyl groups excluding tert-OH is 2. The van der Waals surface area contributed by atoms with Crippen LogP contribution < -0.4 is 11.0 Å². The van der Waals surface area contributed by atoms with Gasteiger partial charge in [0.15, 0.2) is 6.23 Å². The Bertz CT molecular complexity index is 677. The number of nitrogens with zero attached hydrogens (tertiary/aromatic N) is 2. The van der Waals surface area contributed by atoms with E-state index in [9.17, 15) is 19.8 Å². The zero-order valence-corrected chi connectivity index (χ0v) is 15.3. The minimum atomic E-state index is -1.24. The molecule has 0 bridgehead atoms. The van der Waals surface area contributed by atoms with E-state index < -0.39 is 36.3 Å². The summed E-state index contributed by atoms with van der Waals surface area (Å²) in [7, 11) is 0. The summed E-state index contributed by atoms with van der Waals surface area (Å²) in [6, 6.07) is 0. The van der Waals surface area contributed by atoms with Crippen molar-refractivity contribution in [3.05, 3.63) is 22.2 Å². The van der Waals surface area contributed by atoms with Crippen molar-refractivity contribution in [2.45, 2.75) is 71.0 Å². The van der Waals surface area contributed by atoms with Crippen molar-refractivity contribution in [3.63, 3.8) is 0 Å². The van der Waals surface area contributed by atoms with E-state index in [-0.39, 0.29) is 5.82 Å². The van der Waals surface area contributed by atoms with Crippen molar-refractivity contribution in [3.8, 4) is 0 Å². The van der Waals surface area contributed by atoms with E-state index in [2.05, 4.69) is 17.2 Å². The molecule has 26 heavy (non-hydrogen) atoms. The first kappa shape index (κ1) is 20.3. The van der Waals surface area contributed by atoms with Crippen LogP contribution >= 0.6 is 0 Å². The molecular formula is C17H27N3O6. The first-order chi connectivity index (χ1) is 12.4. The van der Waals surface area contributed by atoms with Crippen LogP contribution in [-0.2, 0) is 15.9 Å². The summed E-state index contributed by atoms with van der Waals surface area (Å²) in [6.07, 6.45) is 0.0922. The average molecular weight is 369 g/mol. The molecule has 1 fully saturated rings. The molecule has 1 saturated heterocycles. The Morgan fingerprint density at radius 1 is 1.35 bits per heavy atom. The van der Waals surface area contributed by atoms with Crippen LogP contribution in [-0.4, -0.2) is 50.8 Å². The number of amides is 1. The van der Waals surface area contributed by atoms with Gasteiger partial charge in [-0.1, -0.05) is 26.7 Å². The molecule has 1 aromatic heterocycles. The minimum absolute atomic E-state index is 0.121. The van der Waals surface area contributed by atoms with Crippen LogP contribution in [0.2, 0.25) is 0 Å². The maximum atomic E-state index is 12.3. The molecule has 146 valence electrons. The number of carbonyl (C=O) groups is 1. The molecule has 0 aromatic carbocycles. The van der Waals surface area contributed by atoms with Crippen LogP contribution in [0.5, 0.6) is 0 Å². The van der Waals surface area contributed by atoms with E-state index in [1.807, 2.05) is 6.92 Å². The molecule has 0 unspecified atom stereocenters. The van der Waals surface area contributed by atoms with E-state index in [1.54, 1.807) is 6.92 Å². The van der Waals surface area contributed by atoms with Crippen LogP contribution in [0, 0.1) is 0 Å². The zero-order valence-electron chi connectivity index (χ0n) is 15.3. The third-order valence-electron chi connectivity index (χ3n) is 4.36. The molecule has 9 nitrogen and oxygen atoms in total. The Morgan fingerprint density at radius 2 is 2.08 bits per heavy atom. The second-order valence-electron chi connectivity index (χ2n) is 6.34. The van der Waals surface area contributed by atoms with Gasteiger partial charge >= 0.3 is 11.8 Å². The van der Waals surface area contributed by atoms with Crippen LogP contribution in [0.25, 0.3) is 0 Å². The quantitative estimate of drug-likeness (QED) is 0.617. The number of aliphatic hydroxyl groups is 2. The van der Waals surface area contributed by atoms with Gasteiger partial charge in [0.05, 0.1) is 12.7 Å². The van der Waals surface area contributed by atoms with Gasteiger partial charge in [-0.05, 0) is 19.8 Å². The summed E-state index contributed by atoms with van der Waals surface area (Å²) in [5.41, 5.74) is -0.117. The summed E-state index contributed by atoms with van der Waals surface area (Å²) in [5, 5.41) is 22.4. The second-order valence-corrected chi connectivity index (χ2v) is 6.34. The Hall–Kier alpha value is -1.97. The molecule has 1 aliphatic heterocycles. The molecule has 4 atom stereocenters. The fourth-order valence-electron chi connectivity index (χ4n) is 2.77. The predicted octanol–water partition coefficient (Wildman–Crippen LogP) is 1.18. The number of aromatic nitrogens is 2. The van der Waals surface area contributed by atoms with Crippen molar-refractivity contribution in [2.24, 2.45) is 0 Å². The molecule has 2 rings (SSSR count). The fraction of sp³-hybridized carbons (Fsp3) is 0.706. The van der Waals surface area contributed by atoms with E-state index in [0.29, 0.717) is 18.6 Å². The summed E-state index contributed by atoms with van der Waals surface area (Å²) in [4.78, 5) is 28.1. The van der Waals surface area contributed by atoms with E-state index in [0.717, 1.165) is 23.8 Å². The maximum absolute atomic E-state index is 12.3. The van der Waals surface area contributed by atoms with Crippen LogP contribution in [0.4, 0.5) is 10.6 Å². The number of anilines is 1. The Balaban J connectivity index is 2.14. The lowest BCUT2D eigenvalue weighted by atomic mass is 10.1. The highest BCUT2D eigenvalue weighted by atomic mass is 16.6. The van der Waals surface area contributed by atoms with Crippen molar-refractivity contribution in [1.29, 1.82) is 0 Å². The number of hydrogen-bond acceptors (Lipinski definition) is 7. The molecule has 2 heterocycles. The third-order valence-corrected chi connectivity index (χ3v) is 4.36. The highest BCUT2D eigenvalue weighted by Crippen LogP contribution is 2.28. The number of hydrogen-bond donors (Lipinski definition) is 3. The number of ether oxygens (including phenoxy) is 2. The number of rotatable bonds is 7. The number of nitrogens with one attached hydrogen (secondary N) is 1. The standard InChI is InChI=1S/C17H27N3O6/c1-4-6-7-8-25-17(24)19-14-11(5-2)9-20(16(23)18-14)15-13(22)12(21)10(3)26-15/h9-10,12-13,15,21-22H,4-8H2,1-3H3,(H,18,19,23,24)/t10-,12-,13-,15-/m1/s1. The molecule has 1 aliphatic rings. The van der Waals surface area contributed by atoms with E-state index in [4.69, 9.17) is 9.47 Å². The first-order valence-corrected chi connectivity index (χ1v) is 8.96. The molecule has 1 aromatic rings. The molecule has 0 aliphatic carbocycles. The van der Waals surface area contributed by atoms with Gasteiger partial charge in [0.1, 0.15) is 18.0 Å². The summed E-state index contributed by atoms with van der Waals surface area (Å²) >= 11 is 0. The van der Waals surface area contributed by atoms with Gasteiger partial charge in [0, 0.05) is 11.8 Å². The van der Waals surface area contributed by atoms with Gasteiger partial charge in [0.25, 0.3) is 0 Å². The summed E-state index contributed by atoms with van der Waals surface area (Å²) in [5.74, 6) is 0.121. The molecule has 3 N–H and O–H groups in total. The smallest absolute Gasteiger partial charge is 0.412 e. The molecule has 0 spiro atoms. The van der Waals surface area contributed by atoms with Crippen LogP contribution in [0.1, 0.15) is 51.8 Å². The van der Waals surface area contributed by atoms with Crippen LogP contribution in [0.15, 0.2) is 11.0 Å².